The Morgan fingerprint density at radius 3 is 2.46 bits per heavy atom. The molecular weight excluding hydrogens is 372 g/mol. The van der Waals surface area contributed by atoms with E-state index >= 15 is 0 Å². The first kappa shape index (κ1) is 18.0. The Bertz CT molecular complexity index is 762. The summed E-state index contributed by atoms with van der Waals surface area (Å²) < 4.78 is 6.33. The van der Waals surface area contributed by atoms with Gasteiger partial charge in [0.2, 0.25) is 0 Å². The number of halogens is 1. The Kier molecular flexibility index (Phi) is 5.98. The average molecular weight is 391 g/mol. The van der Waals surface area contributed by atoms with Crippen molar-refractivity contribution in [2.24, 2.45) is 0 Å². The van der Waals surface area contributed by atoms with Crippen molar-refractivity contribution in [3.63, 3.8) is 0 Å². The minimum atomic E-state index is -0.745. The van der Waals surface area contributed by atoms with Crippen LogP contribution in [0.25, 0.3) is 0 Å². The summed E-state index contributed by atoms with van der Waals surface area (Å²) in [6.45, 7) is 5.54. The molecule has 0 aliphatic heterocycles. The molecule has 0 bridgehead atoms. The summed E-state index contributed by atoms with van der Waals surface area (Å²) in [5.41, 5.74) is 7.26. The molecule has 0 heterocycles. The molecule has 2 aromatic carbocycles. The molecule has 2 N–H and O–H groups in total. The van der Waals surface area contributed by atoms with E-state index in [-0.39, 0.29) is 0 Å². The van der Waals surface area contributed by atoms with Gasteiger partial charge in [-0.1, -0.05) is 24.3 Å². The number of hydrazine groups is 1. The van der Waals surface area contributed by atoms with Crippen LogP contribution in [0.15, 0.2) is 46.9 Å². The van der Waals surface area contributed by atoms with Gasteiger partial charge in [-0.05, 0) is 66.0 Å². The van der Waals surface area contributed by atoms with Gasteiger partial charge in [0.15, 0.2) is 6.10 Å². The van der Waals surface area contributed by atoms with Gasteiger partial charge in [-0.25, -0.2) is 0 Å². The molecule has 0 fully saturated rings. The lowest BCUT2D eigenvalue weighted by molar-refractivity contribution is -0.128. The SMILES string of the molecule is Cc1cccc(OC(C)C(=O)NNC(=O)c2ccccc2Br)c1C. The van der Waals surface area contributed by atoms with Crippen LogP contribution < -0.4 is 15.6 Å². The lowest BCUT2D eigenvalue weighted by atomic mass is 10.1. The number of carbonyl (C=O) groups is 2. The lowest BCUT2D eigenvalue weighted by Gasteiger charge is -2.17. The number of carbonyl (C=O) groups excluding carboxylic acids is 2. The predicted octanol–water partition coefficient (Wildman–Crippen LogP) is 3.29. The van der Waals surface area contributed by atoms with Crippen molar-refractivity contribution in [1.82, 2.24) is 10.9 Å². The number of hydrogen-bond acceptors (Lipinski definition) is 3. The molecule has 0 radical (unpaired) electrons. The van der Waals surface area contributed by atoms with E-state index in [0.717, 1.165) is 11.1 Å². The standard InChI is InChI=1S/C18H19BrN2O3/c1-11-7-6-10-16(12(11)2)24-13(3)17(22)20-21-18(23)14-8-4-5-9-15(14)19/h4-10,13H,1-3H3,(H,20,22)(H,21,23). The number of amides is 2. The molecule has 1 unspecified atom stereocenters. The van der Waals surface area contributed by atoms with E-state index in [1.54, 1.807) is 31.2 Å². The van der Waals surface area contributed by atoms with Gasteiger partial charge in [-0.3, -0.25) is 20.4 Å². The molecule has 0 aliphatic rings. The number of aryl methyl sites for hydroxylation is 1. The zero-order valence-corrected chi connectivity index (χ0v) is 15.3. The molecule has 0 aliphatic carbocycles. The molecule has 2 rings (SSSR count). The number of rotatable bonds is 4. The predicted molar refractivity (Wildman–Crippen MR) is 95.8 cm³/mol. The topological polar surface area (TPSA) is 67.4 Å². The van der Waals surface area contributed by atoms with Crippen molar-refractivity contribution in [1.29, 1.82) is 0 Å². The first-order valence-electron chi connectivity index (χ1n) is 7.47. The summed E-state index contributed by atoms with van der Waals surface area (Å²) in [4.78, 5) is 24.2. The van der Waals surface area contributed by atoms with Crippen molar-refractivity contribution in [2.45, 2.75) is 26.9 Å². The lowest BCUT2D eigenvalue weighted by Crippen LogP contribution is -2.47. The van der Waals surface area contributed by atoms with Crippen molar-refractivity contribution in [3.05, 3.63) is 63.6 Å². The number of nitrogens with one attached hydrogen (secondary N) is 2. The highest BCUT2D eigenvalue weighted by atomic mass is 79.9. The molecule has 0 saturated carbocycles. The Morgan fingerprint density at radius 2 is 1.75 bits per heavy atom. The largest absolute Gasteiger partial charge is 0.481 e. The zero-order valence-electron chi connectivity index (χ0n) is 13.7. The van der Waals surface area contributed by atoms with Gasteiger partial charge in [-0.15, -0.1) is 0 Å². The first-order valence-corrected chi connectivity index (χ1v) is 8.27. The van der Waals surface area contributed by atoms with E-state index in [1.807, 2.05) is 32.0 Å². The van der Waals surface area contributed by atoms with E-state index < -0.39 is 17.9 Å². The van der Waals surface area contributed by atoms with Gasteiger partial charge in [0.25, 0.3) is 11.8 Å². The molecule has 0 aromatic heterocycles. The maximum absolute atomic E-state index is 12.1. The smallest absolute Gasteiger partial charge is 0.279 e. The van der Waals surface area contributed by atoms with Crippen LogP contribution >= 0.6 is 15.9 Å². The van der Waals surface area contributed by atoms with Gasteiger partial charge in [-0.2, -0.15) is 0 Å². The van der Waals surface area contributed by atoms with Crippen molar-refractivity contribution in [3.8, 4) is 5.75 Å². The second kappa shape index (κ2) is 7.97. The summed E-state index contributed by atoms with van der Waals surface area (Å²) in [7, 11) is 0. The van der Waals surface area contributed by atoms with Crippen LogP contribution in [0.1, 0.15) is 28.4 Å². The number of hydrogen-bond donors (Lipinski definition) is 2. The first-order chi connectivity index (χ1) is 11.4. The second-order valence-electron chi connectivity index (χ2n) is 5.38. The van der Waals surface area contributed by atoms with Crippen LogP contribution in [0.4, 0.5) is 0 Å². The summed E-state index contributed by atoms with van der Waals surface area (Å²) in [5.74, 6) is -0.194. The minimum absolute atomic E-state index is 0.408. The van der Waals surface area contributed by atoms with E-state index in [2.05, 4.69) is 26.8 Å². The fraction of sp³-hybridized carbons (Fsp3) is 0.222. The van der Waals surface area contributed by atoms with Crippen LogP contribution in [0.3, 0.4) is 0 Å². The normalized spacial score (nSPS) is 11.5. The molecular formula is C18H19BrN2O3. The van der Waals surface area contributed by atoms with E-state index in [0.29, 0.717) is 15.8 Å². The van der Waals surface area contributed by atoms with Gasteiger partial charge in [0, 0.05) is 4.47 Å². The minimum Gasteiger partial charge on any atom is -0.481 e. The highest BCUT2D eigenvalue weighted by Crippen LogP contribution is 2.21. The van der Waals surface area contributed by atoms with E-state index in [4.69, 9.17) is 4.74 Å². The monoisotopic (exact) mass is 390 g/mol. The molecule has 2 aromatic rings. The molecule has 6 heteroatoms. The summed E-state index contributed by atoms with van der Waals surface area (Å²) in [6, 6.07) is 12.6. The Balaban J connectivity index is 1.93. The van der Waals surface area contributed by atoms with Gasteiger partial charge in [0.1, 0.15) is 5.75 Å². The van der Waals surface area contributed by atoms with Gasteiger partial charge < -0.3 is 4.74 Å². The van der Waals surface area contributed by atoms with Crippen molar-refractivity contribution in [2.75, 3.05) is 0 Å². The molecule has 1 atom stereocenters. The third-order valence-corrected chi connectivity index (χ3v) is 4.34. The fourth-order valence-electron chi connectivity index (χ4n) is 2.03. The van der Waals surface area contributed by atoms with Crippen LogP contribution in [0.2, 0.25) is 0 Å². The second-order valence-corrected chi connectivity index (χ2v) is 6.24. The number of benzene rings is 2. The Labute approximate surface area is 149 Å². The number of ether oxygens (including phenoxy) is 1. The van der Waals surface area contributed by atoms with Crippen molar-refractivity contribution >= 4 is 27.7 Å². The van der Waals surface area contributed by atoms with E-state index in [9.17, 15) is 9.59 Å². The van der Waals surface area contributed by atoms with Crippen LogP contribution in [-0.4, -0.2) is 17.9 Å². The third kappa shape index (κ3) is 4.35. The maximum Gasteiger partial charge on any atom is 0.279 e. The summed E-state index contributed by atoms with van der Waals surface area (Å²) in [6.07, 6.45) is -0.745. The summed E-state index contributed by atoms with van der Waals surface area (Å²) in [5, 5.41) is 0. The average Bonchev–Trinajstić information content (AvgIpc) is 2.56. The molecule has 5 nitrogen and oxygen atoms in total. The summed E-state index contributed by atoms with van der Waals surface area (Å²) >= 11 is 3.29. The van der Waals surface area contributed by atoms with Crippen LogP contribution in [0, 0.1) is 13.8 Å². The Morgan fingerprint density at radius 1 is 1.04 bits per heavy atom. The molecule has 0 saturated heterocycles. The maximum atomic E-state index is 12.1. The Hall–Kier alpha value is -2.34. The highest BCUT2D eigenvalue weighted by Gasteiger charge is 2.17. The van der Waals surface area contributed by atoms with E-state index in [1.165, 1.54) is 0 Å². The zero-order chi connectivity index (χ0) is 17.7. The third-order valence-electron chi connectivity index (χ3n) is 3.65. The molecule has 126 valence electrons. The van der Waals surface area contributed by atoms with Gasteiger partial charge in [0.05, 0.1) is 5.56 Å². The molecule has 2 amide bonds. The van der Waals surface area contributed by atoms with Gasteiger partial charge >= 0.3 is 0 Å². The van der Waals surface area contributed by atoms with Crippen LogP contribution in [0.5, 0.6) is 5.75 Å². The van der Waals surface area contributed by atoms with Crippen molar-refractivity contribution < 1.29 is 14.3 Å². The fourth-order valence-corrected chi connectivity index (χ4v) is 2.49. The highest BCUT2D eigenvalue weighted by molar-refractivity contribution is 9.10. The quantitative estimate of drug-likeness (QED) is 0.786. The molecule has 24 heavy (non-hydrogen) atoms. The molecule has 0 spiro atoms. The van der Waals surface area contributed by atoms with Crippen LogP contribution in [-0.2, 0) is 4.79 Å².